The molecule has 0 atom stereocenters. The lowest BCUT2D eigenvalue weighted by Crippen LogP contribution is -2.31. The first-order valence-electron chi connectivity index (χ1n) is 12.4. The Bertz CT molecular complexity index is 1210. The zero-order valence-corrected chi connectivity index (χ0v) is 22.2. The predicted molar refractivity (Wildman–Crippen MR) is 147 cm³/mol. The van der Waals surface area contributed by atoms with Crippen molar-refractivity contribution in [3.05, 3.63) is 77.2 Å². The van der Waals surface area contributed by atoms with Crippen LogP contribution in [-0.4, -0.2) is 35.9 Å². The molecule has 0 bridgehead atoms. The second kappa shape index (κ2) is 11.3. The van der Waals surface area contributed by atoms with Crippen molar-refractivity contribution in [2.75, 3.05) is 35.7 Å². The van der Waals surface area contributed by atoms with Gasteiger partial charge in [0.1, 0.15) is 11.6 Å². The molecule has 3 aromatic rings. The quantitative estimate of drug-likeness (QED) is 0.309. The minimum atomic E-state index is -0.205. The van der Waals surface area contributed by atoms with Crippen LogP contribution in [0.3, 0.4) is 0 Å². The first-order valence-corrected chi connectivity index (χ1v) is 13.6. The highest BCUT2D eigenvalue weighted by molar-refractivity contribution is 7.98. The van der Waals surface area contributed by atoms with Gasteiger partial charge in [0.05, 0.1) is 5.69 Å². The van der Waals surface area contributed by atoms with Crippen LogP contribution in [-0.2, 0) is 6.42 Å². The van der Waals surface area contributed by atoms with Crippen molar-refractivity contribution in [2.24, 2.45) is 5.92 Å². The van der Waals surface area contributed by atoms with Gasteiger partial charge in [-0.25, -0.2) is 9.37 Å². The summed E-state index contributed by atoms with van der Waals surface area (Å²) in [6, 6.07) is 15.6. The summed E-state index contributed by atoms with van der Waals surface area (Å²) < 4.78 is 13.8. The van der Waals surface area contributed by atoms with Crippen LogP contribution in [0.15, 0.2) is 59.5 Å². The van der Waals surface area contributed by atoms with Crippen LogP contribution in [0.25, 0.3) is 5.57 Å². The standard InChI is InChI=1S/C29H35FN4S/c1-6-34(26-13-12-22(15-20(2)3)17-27(26)35-5)29-31-21(4)16-28(32-29)33-14-8-10-24(19-33)23-9-7-11-25(30)18-23/h7,9-13,16-18,20H,6,8,14-15,19H2,1-5H3. The smallest absolute Gasteiger partial charge is 0.232 e. The first kappa shape index (κ1) is 25.2. The van der Waals surface area contributed by atoms with E-state index in [0.29, 0.717) is 12.5 Å². The summed E-state index contributed by atoms with van der Waals surface area (Å²) in [5, 5.41) is 0. The molecular weight excluding hydrogens is 455 g/mol. The van der Waals surface area contributed by atoms with E-state index < -0.39 is 0 Å². The summed E-state index contributed by atoms with van der Waals surface area (Å²) >= 11 is 1.76. The van der Waals surface area contributed by atoms with Gasteiger partial charge in [0.25, 0.3) is 0 Å². The second-order valence-corrected chi connectivity index (χ2v) is 10.3. The van der Waals surface area contributed by atoms with Crippen molar-refractivity contribution < 1.29 is 4.39 Å². The minimum absolute atomic E-state index is 0.205. The van der Waals surface area contributed by atoms with E-state index in [-0.39, 0.29) is 5.82 Å². The van der Waals surface area contributed by atoms with Gasteiger partial charge in [-0.15, -0.1) is 11.8 Å². The Morgan fingerprint density at radius 2 is 1.94 bits per heavy atom. The number of anilines is 3. The molecule has 184 valence electrons. The average molecular weight is 491 g/mol. The van der Waals surface area contributed by atoms with Crippen LogP contribution in [0.1, 0.15) is 44.0 Å². The average Bonchev–Trinajstić information content (AvgIpc) is 2.84. The molecule has 0 unspecified atom stereocenters. The summed E-state index contributed by atoms with van der Waals surface area (Å²) in [5.74, 6) is 2.05. The van der Waals surface area contributed by atoms with Crippen molar-refractivity contribution in [3.63, 3.8) is 0 Å². The monoisotopic (exact) mass is 490 g/mol. The molecule has 1 aromatic heterocycles. The topological polar surface area (TPSA) is 32.3 Å². The number of rotatable bonds is 8. The highest BCUT2D eigenvalue weighted by Gasteiger charge is 2.20. The number of halogens is 1. The molecule has 4 rings (SSSR count). The van der Waals surface area contributed by atoms with E-state index in [1.807, 2.05) is 19.1 Å². The lowest BCUT2D eigenvalue weighted by Gasteiger charge is -2.30. The van der Waals surface area contributed by atoms with Gasteiger partial charge < -0.3 is 9.80 Å². The maximum absolute atomic E-state index is 13.8. The molecule has 0 fully saturated rings. The summed E-state index contributed by atoms with van der Waals surface area (Å²) in [6.45, 7) is 11.0. The van der Waals surface area contributed by atoms with E-state index in [2.05, 4.69) is 61.1 Å². The normalized spacial score (nSPS) is 13.8. The highest BCUT2D eigenvalue weighted by Crippen LogP contribution is 2.35. The third-order valence-electron chi connectivity index (χ3n) is 6.24. The Kier molecular flexibility index (Phi) is 8.11. The zero-order valence-electron chi connectivity index (χ0n) is 21.4. The van der Waals surface area contributed by atoms with Crippen molar-refractivity contribution >= 4 is 34.8 Å². The third-order valence-corrected chi connectivity index (χ3v) is 7.00. The number of aryl methyl sites for hydroxylation is 1. The van der Waals surface area contributed by atoms with Gasteiger partial charge in [0.15, 0.2) is 0 Å². The molecule has 35 heavy (non-hydrogen) atoms. The van der Waals surface area contributed by atoms with Gasteiger partial charge in [-0.3, -0.25) is 0 Å². The summed E-state index contributed by atoms with van der Waals surface area (Å²) in [6.07, 6.45) is 6.31. The van der Waals surface area contributed by atoms with Gasteiger partial charge >= 0.3 is 0 Å². The Morgan fingerprint density at radius 1 is 1.11 bits per heavy atom. The van der Waals surface area contributed by atoms with Gasteiger partial charge in [-0.05, 0) is 79.8 Å². The lowest BCUT2D eigenvalue weighted by atomic mass is 10.0. The highest BCUT2D eigenvalue weighted by atomic mass is 32.2. The van der Waals surface area contributed by atoms with Crippen LogP contribution >= 0.6 is 11.8 Å². The van der Waals surface area contributed by atoms with Crippen molar-refractivity contribution in [3.8, 4) is 0 Å². The van der Waals surface area contributed by atoms with Gasteiger partial charge in [0, 0.05) is 36.3 Å². The minimum Gasteiger partial charge on any atom is -0.352 e. The largest absolute Gasteiger partial charge is 0.352 e. The summed E-state index contributed by atoms with van der Waals surface area (Å²) in [4.78, 5) is 15.6. The van der Waals surface area contributed by atoms with Crippen molar-refractivity contribution in [1.82, 2.24) is 9.97 Å². The van der Waals surface area contributed by atoms with Gasteiger partial charge in [0.2, 0.25) is 5.95 Å². The van der Waals surface area contributed by atoms with Gasteiger partial charge in [-0.2, -0.15) is 4.98 Å². The van der Waals surface area contributed by atoms with E-state index >= 15 is 0 Å². The molecule has 2 aromatic carbocycles. The van der Waals surface area contributed by atoms with E-state index in [9.17, 15) is 4.39 Å². The van der Waals surface area contributed by atoms with Crippen molar-refractivity contribution in [2.45, 2.75) is 45.4 Å². The van der Waals surface area contributed by atoms with E-state index in [1.165, 1.54) is 16.5 Å². The molecule has 0 spiro atoms. The fourth-order valence-electron chi connectivity index (χ4n) is 4.62. The maximum Gasteiger partial charge on any atom is 0.232 e. The molecule has 2 heterocycles. The zero-order chi connectivity index (χ0) is 24.9. The molecule has 0 saturated carbocycles. The number of hydrogen-bond donors (Lipinski definition) is 0. The number of benzene rings is 2. The lowest BCUT2D eigenvalue weighted by molar-refractivity contribution is 0.627. The molecule has 6 heteroatoms. The molecule has 0 N–H and O–H groups in total. The Hall–Kier alpha value is -2.86. The third kappa shape index (κ3) is 6.04. The van der Waals surface area contributed by atoms with E-state index in [1.54, 1.807) is 23.9 Å². The Morgan fingerprint density at radius 3 is 2.66 bits per heavy atom. The molecule has 0 aliphatic carbocycles. The summed E-state index contributed by atoms with van der Waals surface area (Å²) in [7, 11) is 0. The number of nitrogens with zero attached hydrogens (tertiary/aromatic N) is 4. The van der Waals surface area contributed by atoms with Crippen molar-refractivity contribution in [1.29, 1.82) is 0 Å². The molecule has 0 saturated heterocycles. The SMILES string of the molecule is CCN(c1nc(C)cc(N2CCC=C(c3cccc(F)c3)C2)n1)c1ccc(CC(C)C)cc1SC. The second-order valence-electron chi connectivity index (χ2n) is 9.47. The van der Waals surface area contributed by atoms with Crippen LogP contribution in [0.2, 0.25) is 0 Å². The molecule has 0 amide bonds. The number of hydrogen-bond acceptors (Lipinski definition) is 5. The van der Waals surface area contributed by atoms with E-state index in [0.717, 1.165) is 60.2 Å². The van der Waals surface area contributed by atoms with Crippen LogP contribution in [0, 0.1) is 18.7 Å². The fraction of sp³-hybridized carbons (Fsp3) is 0.379. The molecular formula is C29H35FN4S. The van der Waals surface area contributed by atoms with Crippen LogP contribution in [0.5, 0.6) is 0 Å². The summed E-state index contributed by atoms with van der Waals surface area (Å²) in [5.41, 5.74) is 5.50. The fourth-order valence-corrected chi connectivity index (χ4v) is 5.28. The molecule has 0 radical (unpaired) electrons. The van der Waals surface area contributed by atoms with E-state index in [4.69, 9.17) is 9.97 Å². The Labute approximate surface area is 213 Å². The predicted octanol–water partition coefficient (Wildman–Crippen LogP) is 7.30. The van der Waals surface area contributed by atoms with Crippen LogP contribution in [0.4, 0.5) is 21.8 Å². The molecule has 1 aliphatic heterocycles. The van der Waals surface area contributed by atoms with Crippen LogP contribution < -0.4 is 9.80 Å². The number of aromatic nitrogens is 2. The molecule has 1 aliphatic rings. The van der Waals surface area contributed by atoms with Gasteiger partial charge in [-0.1, -0.05) is 38.1 Å². The Balaban J connectivity index is 1.64. The maximum atomic E-state index is 13.8. The molecule has 4 nitrogen and oxygen atoms in total. The first-order chi connectivity index (χ1) is 16.9. The number of thioether (sulfide) groups is 1.